The zero-order valence-corrected chi connectivity index (χ0v) is 7.61. The van der Waals surface area contributed by atoms with E-state index in [2.05, 4.69) is 5.10 Å². The third kappa shape index (κ3) is 2.55. The van der Waals surface area contributed by atoms with E-state index in [4.69, 9.17) is 9.47 Å². The lowest BCUT2D eigenvalue weighted by atomic mass is 10.5. The largest absolute Gasteiger partial charge is 0.474 e. The zero-order chi connectivity index (χ0) is 9.68. The highest BCUT2D eigenvalue weighted by Gasteiger charge is 2.04. The predicted molar refractivity (Wildman–Crippen MR) is 45.4 cm³/mol. The molecule has 1 radical (unpaired) electrons. The molecule has 1 rings (SSSR count). The van der Waals surface area contributed by atoms with Gasteiger partial charge in [-0.1, -0.05) is 0 Å². The second kappa shape index (κ2) is 4.61. The highest BCUT2D eigenvalue weighted by Crippen LogP contribution is 2.08. The molecule has 1 aromatic heterocycles. The third-order valence-electron chi connectivity index (χ3n) is 1.50. The van der Waals surface area contributed by atoms with Crippen molar-refractivity contribution in [2.24, 2.45) is 7.05 Å². The Labute approximate surface area is 76.3 Å². The van der Waals surface area contributed by atoms with Crippen LogP contribution in [0.15, 0.2) is 6.07 Å². The number of methoxy groups -OCH3 is 1. The molecular weight excluding hydrogens is 172 g/mol. The molecule has 0 saturated heterocycles. The molecule has 0 atom stereocenters. The molecule has 5 nitrogen and oxygen atoms in total. The van der Waals surface area contributed by atoms with Gasteiger partial charge in [0.1, 0.15) is 12.3 Å². The summed E-state index contributed by atoms with van der Waals surface area (Å²) in [5.74, 6) is 0.415. The monoisotopic (exact) mass is 183 g/mol. The lowest BCUT2D eigenvalue weighted by molar-refractivity contribution is 0.143. The summed E-state index contributed by atoms with van der Waals surface area (Å²) in [4.78, 5) is 10.3. The van der Waals surface area contributed by atoms with Crippen LogP contribution in [0.2, 0.25) is 0 Å². The summed E-state index contributed by atoms with van der Waals surface area (Å²) in [6.07, 6.45) is 1.75. The van der Waals surface area contributed by atoms with E-state index in [-0.39, 0.29) is 0 Å². The van der Waals surface area contributed by atoms with E-state index in [1.54, 1.807) is 20.4 Å². The smallest absolute Gasteiger partial charge is 0.253 e. The van der Waals surface area contributed by atoms with Crippen LogP contribution in [-0.2, 0) is 16.6 Å². The normalized spacial score (nSPS) is 10.0. The summed E-state index contributed by atoms with van der Waals surface area (Å²) in [7, 11) is 3.25. The van der Waals surface area contributed by atoms with Gasteiger partial charge in [0.2, 0.25) is 5.88 Å². The maximum Gasteiger partial charge on any atom is 0.253 e. The standard InChI is InChI=1S/C8H11N2O3/c1-10-7(6-11)5-8(9-10)13-4-3-12-2/h5H,3-4H2,1-2H3. The second-order valence-electron chi connectivity index (χ2n) is 2.43. The number of nitrogens with zero attached hydrogens (tertiary/aromatic N) is 2. The second-order valence-corrected chi connectivity index (χ2v) is 2.43. The quantitative estimate of drug-likeness (QED) is 0.598. The predicted octanol–water partition coefficient (Wildman–Crippen LogP) is -0.0969. The number of hydrogen-bond donors (Lipinski definition) is 0. The Morgan fingerprint density at radius 1 is 1.62 bits per heavy atom. The van der Waals surface area contributed by atoms with Crippen molar-refractivity contribution < 1.29 is 14.3 Å². The van der Waals surface area contributed by atoms with Gasteiger partial charge in [0.05, 0.1) is 6.61 Å². The maximum absolute atomic E-state index is 10.3. The average Bonchev–Trinajstić information content (AvgIpc) is 2.47. The molecule has 0 amide bonds. The molecule has 5 heteroatoms. The molecule has 0 aromatic carbocycles. The average molecular weight is 183 g/mol. The molecule has 1 heterocycles. The molecule has 0 spiro atoms. The lowest BCUT2D eigenvalue weighted by Crippen LogP contribution is -2.04. The molecule has 0 aliphatic rings. The molecule has 0 aliphatic heterocycles. The van der Waals surface area contributed by atoms with Crippen LogP contribution in [0.1, 0.15) is 5.69 Å². The Hall–Kier alpha value is -1.36. The van der Waals surface area contributed by atoms with Crippen molar-refractivity contribution in [2.75, 3.05) is 20.3 Å². The van der Waals surface area contributed by atoms with Crippen LogP contribution in [-0.4, -0.2) is 36.4 Å². The molecule has 1 aromatic rings. The van der Waals surface area contributed by atoms with Crippen LogP contribution in [0.3, 0.4) is 0 Å². The number of rotatable bonds is 5. The Bertz CT molecular complexity index is 283. The Balaban J connectivity index is 2.52. The van der Waals surface area contributed by atoms with Gasteiger partial charge in [-0.3, -0.25) is 9.48 Å². The number of hydrogen-bond acceptors (Lipinski definition) is 4. The fraction of sp³-hybridized carbons (Fsp3) is 0.500. The number of ether oxygens (including phenoxy) is 2. The number of carbonyl (C=O) groups excluding carboxylic acids is 1. The molecule has 0 aliphatic carbocycles. The topological polar surface area (TPSA) is 53.4 Å². The third-order valence-corrected chi connectivity index (χ3v) is 1.50. The summed E-state index contributed by atoms with van der Waals surface area (Å²) in [6, 6.07) is 1.53. The fourth-order valence-corrected chi connectivity index (χ4v) is 0.837. The lowest BCUT2D eigenvalue weighted by Gasteiger charge is -1.99. The van der Waals surface area contributed by atoms with Crippen molar-refractivity contribution in [1.82, 2.24) is 9.78 Å². The molecule has 71 valence electrons. The highest BCUT2D eigenvalue weighted by atomic mass is 16.5. The first-order valence-electron chi connectivity index (χ1n) is 3.82. The van der Waals surface area contributed by atoms with Crippen molar-refractivity contribution in [3.05, 3.63) is 11.8 Å². The van der Waals surface area contributed by atoms with E-state index in [1.165, 1.54) is 10.7 Å². The van der Waals surface area contributed by atoms with Crippen molar-refractivity contribution in [3.63, 3.8) is 0 Å². The van der Waals surface area contributed by atoms with E-state index in [0.29, 0.717) is 24.8 Å². The van der Waals surface area contributed by atoms with Crippen LogP contribution in [0.5, 0.6) is 5.88 Å². The van der Waals surface area contributed by atoms with Gasteiger partial charge >= 0.3 is 0 Å². The van der Waals surface area contributed by atoms with Crippen LogP contribution < -0.4 is 4.74 Å². The van der Waals surface area contributed by atoms with E-state index in [9.17, 15) is 4.79 Å². The van der Waals surface area contributed by atoms with Gasteiger partial charge in [0, 0.05) is 20.2 Å². The minimum atomic E-state index is 0.368. The van der Waals surface area contributed by atoms with Crippen LogP contribution in [0.25, 0.3) is 0 Å². The van der Waals surface area contributed by atoms with Crippen molar-refractivity contribution in [2.45, 2.75) is 0 Å². The summed E-state index contributed by atoms with van der Waals surface area (Å²) in [5, 5.41) is 3.93. The van der Waals surface area contributed by atoms with E-state index < -0.39 is 0 Å². The van der Waals surface area contributed by atoms with E-state index >= 15 is 0 Å². The van der Waals surface area contributed by atoms with E-state index in [1.807, 2.05) is 0 Å². The molecule has 0 fully saturated rings. The van der Waals surface area contributed by atoms with Gasteiger partial charge in [-0.05, 0) is 0 Å². The zero-order valence-electron chi connectivity index (χ0n) is 7.61. The van der Waals surface area contributed by atoms with Gasteiger partial charge < -0.3 is 9.47 Å². The van der Waals surface area contributed by atoms with Crippen LogP contribution in [0, 0.1) is 0 Å². The highest BCUT2D eigenvalue weighted by molar-refractivity contribution is 5.73. The van der Waals surface area contributed by atoms with Gasteiger partial charge in [-0.2, -0.15) is 0 Å². The van der Waals surface area contributed by atoms with Gasteiger partial charge in [0.25, 0.3) is 6.29 Å². The maximum atomic E-state index is 10.3. The van der Waals surface area contributed by atoms with Crippen molar-refractivity contribution >= 4 is 6.29 Å². The first-order chi connectivity index (χ1) is 6.27. The van der Waals surface area contributed by atoms with Crippen LogP contribution >= 0.6 is 0 Å². The van der Waals surface area contributed by atoms with Gasteiger partial charge in [-0.25, -0.2) is 0 Å². The minimum absolute atomic E-state index is 0.368. The number of aromatic nitrogens is 2. The summed E-state index contributed by atoms with van der Waals surface area (Å²) in [6.45, 7) is 0.919. The fourth-order valence-electron chi connectivity index (χ4n) is 0.837. The minimum Gasteiger partial charge on any atom is -0.474 e. The Morgan fingerprint density at radius 2 is 2.38 bits per heavy atom. The van der Waals surface area contributed by atoms with Gasteiger partial charge in [-0.15, -0.1) is 5.10 Å². The van der Waals surface area contributed by atoms with Gasteiger partial charge in [0.15, 0.2) is 0 Å². The SMILES string of the molecule is COCCOc1cc([C]=O)n(C)n1. The first-order valence-corrected chi connectivity index (χ1v) is 3.82. The van der Waals surface area contributed by atoms with Crippen molar-refractivity contribution in [1.29, 1.82) is 0 Å². The molecule has 0 unspecified atom stereocenters. The molecule has 0 bridgehead atoms. The summed E-state index contributed by atoms with van der Waals surface area (Å²) in [5.41, 5.74) is 0.368. The molecular formula is C8H11N2O3. The summed E-state index contributed by atoms with van der Waals surface area (Å²) >= 11 is 0. The Kier molecular flexibility index (Phi) is 3.45. The van der Waals surface area contributed by atoms with Crippen LogP contribution in [0.4, 0.5) is 0 Å². The molecule has 0 saturated carbocycles. The summed E-state index contributed by atoms with van der Waals surface area (Å²) < 4.78 is 11.4. The molecule has 0 N–H and O–H groups in total. The van der Waals surface area contributed by atoms with Crippen molar-refractivity contribution in [3.8, 4) is 5.88 Å². The number of aryl methyl sites for hydroxylation is 1. The van der Waals surface area contributed by atoms with E-state index in [0.717, 1.165) is 0 Å². The first kappa shape index (κ1) is 9.73. The molecule has 13 heavy (non-hydrogen) atoms. The Morgan fingerprint density at radius 3 is 2.92 bits per heavy atom.